The molecule has 38 heavy (non-hydrogen) atoms. The molecule has 1 aliphatic rings. The number of aryl methyl sites for hydroxylation is 2. The minimum absolute atomic E-state index is 0.535. The molecule has 0 spiro atoms. The summed E-state index contributed by atoms with van der Waals surface area (Å²) >= 11 is 0. The van der Waals surface area contributed by atoms with Gasteiger partial charge in [-0.15, -0.1) is 0 Å². The van der Waals surface area contributed by atoms with Crippen molar-refractivity contribution in [1.29, 1.82) is 0 Å². The molecule has 8 heteroatoms. The van der Waals surface area contributed by atoms with Gasteiger partial charge in [-0.2, -0.15) is 20.4 Å². The highest BCUT2D eigenvalue weighted by molar-refractivity contribution is 5.61. The summed E-state index contributed by atoms with van der Waals surface area (Å²) < 4.78 is 8.15. The predicted molar refractivity (Wildman–Crippen MR) is 146 cm³/mol. The van der Waals surface area contributed by atoms with E-state index in [1.54, 1.807) is 0 Å². The maximum Gasteiger partial charge on any atom is 0.134 e. The molecule has 6 aromatic rings. The summed E-state index contributed by atoms with van der Waals surface area (Å²) in [5.41, 5.74) is 10.5. The Hall–Kier alpha value is -4.72. The normalized spacial score (nSPS) is 13.1. The number of aromatic nitrogens is 8. The average Bonchev–Trinajstić information content (AvgIpc) is 3.68. The molecule has 1 aliphatic heterocycles. The molecule has 4 aromatic heterocycles. The maximum atomic E-state index is 5.01. The van der Waals surface area contributed by atoms with Crippen molar-refractivity contribution in [2.45, 2.75) is 40.0 Å². The fraction of sp³-hybridized carbons (Fsp3) is 0.200. The highest BCUT2D eigenvalue weighted by Crippen LogP contribution is 2.25. The summed E-state index contributed by atoms with van der Waals surface area (Å²) in [5.74, 6) is 0. The molecule has 0 saturated heterocycles. The number of nitrogens with zero attached hydrogens (tertiary/aromatic N) is 8. The van der Waals surface area contributed by atoms with Crippen LogP contribution in [-0.2, 0) is 26.2 Å². The van der Waals surface area contributed by atoms with Crippen molar-refractivity contribution in [2.24, 2.45) is 0 Å². The van der Waals surface area contributed by atoms with Crippen LogP contribution in [0.25, 0.3) is 22.5 Å². The lowest BCUT2D eigenvalue weighted by Gasteiger charge is -2.09. The molecule has 0 amide bonds. The van der Waals surface area contributed by atoms with Crippen molar-refractivity contribution in [2.75, 3.05) is 0 Å². The molecule has 8 nitrogen and oxygen atoms in total. The van der Waals surface area contributed by atoms with Crippen molar-refractivity contribution >= 4 is 0 Å². The number of fused-ring (bicyclic) bond motifs is 8. The standard InChI is InChI=1S/C30H28N8/c1-21-13-25-15-27-17-30(24-11-7-4-8-12-24)38(34-27)20-36-22(2)14-26(32-36)16-28-18-29(23-9-5-3-6-10-23)37(33-28)19-35(21)31-25/h3-14,17-18H,15-16,19-20H2,1-2H3. The Balaban J connectivity index is 1.36. The summed E-state index contributed by atoms with van der Waals surface area (Å²) in [4.78, 5) is 0. The van der Waals surface area contributed by atoms with Gasteiger partial charge in [-0.05, 0) is 49.2 Å². The van der Waals surface area contributed by atoms with Gasteiger partial charge in [0.1, 0.15) is 13.3 Å². The van der Waals surface area contributed by atoms with E-state index in [0.29, 0.717) is 26.2 Å². The second kappa shape index (κ2) is 8.99. The van der Waals surface area contributed by atoms with Crippen LogP contribution in [0.1, 0.15) is 34.2 Å². The Morgan fingerprint density at radius 1 is 0.474 bits per heavy atom. The first-order valence-electron chi connectivity index (χ1n) is 12.9. The van der Waals surface area contributed by atoms with Crippen LogP contribution in [0.4, 0.5) is 0 Å². The largest absolute Gasteiger partial charge is 0.248 e. The van der Waals surface area contributed by atoms with E-state index in [2.05, 4.69) is 86.6 Å². The lowest BCUT2D eigenvalue weighted by Crippen LogP contribution is -2.15. The zero-order chi connectivity index (χ0) is 25.6. The minimum atomic E-state index is 0.535. The molecule has 0 N–H and O–H groups in total. The van der Waals surface area contributed by atoms with E-state index in [1.165, 1.54) is 0 Å². The topological polar surface area (TPSA) is 71.3 Å². The van der Waals surface area contributed by atoms with E-state index in [4.69, 9.17) is 20.4 Å². The lowest BCUT2D eigenvalue weighted by molar-refractivity contribution is 0.484. The molecule has 5 heterocycles. The fourth-order valence-electron chi connectivity index (χ4n) is 5.25. The first kappa shape index (κ1) is 22.5. The van der Waals surface area contributed by atoms with Gasteiger partial charge in [0.15, 0.2) is 0 Å². The molecule has 7 rings (SSSR count). The Bertz CT molecular complexity index is 1600. The van der Waals surface area contributed by atoms with Crippen molar-refractivity contribution in [1.82, 2.24) is 39.1 Å². The van der Waals surface area contributed by atoms with Crippen LogP contribution in [0.5, 0.6) is 0 Å². The molecular formula is C30H28N8. The highest BCUT2D eigenvalue weighted by atomic mass is 15.4. The molecule has 0 saturated carbocycles. The number of benzene rings is 2. The van der Waals surface area contributed by atoms with Gasteiger partial charge in [0.25, 0.3) is 0 Å². The monoisotopic (exact) mass is 500 g/mol. The molecule has 8 bridgehead atoms. The van der Waals surface area contributed by atoms with Crippen molar-refractivity contribution in [3.05, 3.63) is 119 Å². The molecule has 0 atom stereocenters. The predicted octanol–water partition coefficient (Wildman–Crippen LogP) is 4.93. The Labute approximate surface area is 220 Å². The fourth-order valence-corrected chi connectivity index (χ4v) is 5.25. The first-order valence-corrected chi connectivity index (χ1v) is 12.9. The van der Waals surface area contributed by atoms with E-state index in [1.807, 2.05) is 30.9 Å². The quantitative estimate of drug-likeness (QED) is 0.338. The van der Waals surface area contributed by atoms with E-state index < -0.39 is 0 Å². The maximum absolute atomic E-state index is 5.01. The number of rotatable bonds is 2. The number of hydrogen-bond acceptors (Lipinski definition) is 4. The van der Waals surface area contributed by atoms with Crippen LogP contribution in [-0.4, -0.2) is 39.1 Å². The van der Waals surface area contributed by atoms with Crippen LogP contribution in [0.2, 0.25) is 0 Å². The van der Waals surface area contributed by atoms with Gasteiger partial charge < -0.3 is 0 Å². The van der Waals surface area contributed by atoms with Crippen molar-refractivity contribution in [3.8, 4) is 22.5 Å². The summed E-state index contributed by atoms with van der Waals surface area (Å²) in [6.07, 6.45) is 1.31. The third kappa shape index (κ3) is 4.14. The Morgan fingerprint density at radius 3 is 1.26 bits per heavy atom. The van der Waals surface area contributed by atoms with Gasteiger partial charge in [-0.1, -0.05) is 60.7 Å². The summed E-state index contributed by atoms with van der Waals surface area (Å²) in [5, 5.41) is 19.9. The van der Waals surface area contributed by atoms with E-state index >= 15 is 0 Å². The van der Waals surface area contributed by atoms with E-state index in [-0.39, 0.29) is 0 Å². The zero-order valence-electron chi connectivity index (χ0n) is 21.5. The minimum Gasteiger partial charge on any atom is -0.248 e. The second-order valence-electron chi connectivity index (χ2n) is 9.96. The van der Waals surface area contributed by atoms with E-state index in [9.17, 15) is 0 Å². The summed E-state index contributed by atoms with van der Waals surface area (Å²) in [6.45, 7) is 5.26. The SMILES string of the molecule is Cc1cc2nn1Cn1nc(cc1-c1ccccc1)Cc1cc(C)n(n1)Cn1nc(cc1-c1ccccc1)C2. The van der Waals surface area contributed by atoms with Gasteiger partial charge in [0.2, 0.25) is 0 Å². The molecule has 188 valence electrons. The third-order valence-electron chi connectivity index (χ3n) is 7.12. The van der Waals surface area contributed by atoms with Crippen molar-refractivity contribution in [3.63, 3.8) is 0 Å². The molecular weight excluding hydrogens is 472 g/mol. The van der Waals surface area contributed by atoms with Crippen LogP contribution < -0.4 is 0 Å². The Kier molecular flexibility index (Phi) is 5.32. The van der Waals surface area contributed by atoms with Gasteiger partial charge in [-0.25, -0.2) is 18.7 Å². The highest BCUT2D eigenvalue weighted by Gasteiger charge is 2.18. The molecule has 0 radical (unpaired) electrons. The molecule has 0 unspecified atom stereocenters. The van der Waals surface area contributed by atoms with Crippen LogP contribution in [0, 0.1) is 13.8 Å². The van der Waals surface area contributed by atoms with Gasteiger partial charge >= 0.3 is 0 Å². The average molecular weight is 501 g/mol. The van der Waals surface area contributed by atoms with Gasteiger partial charge in [0.05, 0.1) is 34.2 Å². The second-order valence-corrected chi connectivity index (χ2v) is 9.96. The van der Waals surface area contributed by atoms with E-state index in [0.717, 1.165) is 56.7 Å². The molecule has 0 fully saturated rings. The number of hydrogen-bond donors (Lipinski definition) is 0. The van der Waals surface area contributed by atoms with Crippen molar-refractivity contribution < 1.29 is 0 Å². The third-order valence-corrected chi connectivity index (χ3v) is 7.12. The zero-order valence-corrected chi connectivity index (χ0v) is 21.5. The summed E-state index contributed by atoms with van der Waals surface area (Å²) in [6, 6.07) is 29.5. The Morgan fingerprint density at radius 2 is 0.842 bits per heavy atom. The van der Waals surface area contributed by atoms with Crippen LogP contribution >= 0.6 is 0 Å². The van der Waals surface area contributed by atoms with Crippen LogP contribution in [0.3, 0.4) is 0 Å². The summed E-state index contributed by atoms with van der Waals surface area (Å²) in [7, 11) is 0. The molecule has 2 aromatic carbocycles. The lowest BCUT2D eigenvalue weighted by atomic mass is 10.1. The molecule has 0 aliphatic carbocycles. The van der Waals surface area contributed by atoms with Gasteiger partial charge in [0, 0.05) is 24.2 Å². The smallest absolute Gasteiger partial charge is 0.134 e. The first-order chi connectivity index (χ1) is 18.6. The van der Waals surface area contributed by atoms with Crippen LogP contribution in [0.15, 0.2) is 84.9 Å². The van der Waals surface area contributed by atoms with Gasteiger partial charge in [-0.3, -0.25) is 0 Å².